The Hall–Kier alpha value is -3.19. The maximum atomic E-state index is 4.92. The monoisotopic (exact) mass is 359 g/mol. The molecule has 0 fully saturated rings. The summed E-state index contributed by atoms with van der Waals surface area (Å²) in [7, 11) is 0. The van der Waals surface area contributed by atoms with Crippen LogP contribution in [0.1, 0.15) is 51.8 Å². The van der Waals surface area contributed by atoms with Crippen LogP contribution in [0, 0.1) is 0 Å². The lowest BCUT2D eigenvalue weighted by Crippen LogP contribution is -2.46. The zero-order valence-corrected chi connectivity index (χ0v) is 15.6. The van der Waals surface area contributed by atoms with E-state index >= 15 is 0 Å². The molecule has 0 amide bonds. The van der Waals surface area contributed by atoms with Gasteiger partial charge in [0, 0.05) is 23.4 Å². The zero-order chi connectivity index (χ0) is 18.6. The lowest BCUT2D eigenvalue weighted by atomic mass is 9.49. The molecule has 1 unspecified atom stereocenters. The molecule has 2 bridgehead atoms. The smallest absolute Gasteiger partial charge is 0.0519 e. The van der Waals surface area contributed by atoms with E-state index in [9.17, 15) is 0 Å². The third kappa shape index (κ3) is 1.99. The fourth-order valence-corrected chi connectivity index (χ4v) is 5.76. The number of rotatable bonds is 2. The van der Waals surface area contributed by atoms with Crippen molar-refractivity contribution in [3.8, 4) is 0 Å². The molecule has 1 heterocycles. The molecular weight excluding hydrogens is 338 g/mol. The highest BCUT2D eigenvalue weighted by Gasteiger charge is 2.54. The van der Waals surface area contributed by atoms with Crippen LogP contribution in [0.3, 0.4) is 0 Å². The van der Waals surface area contributed by atoms with Crippen LogP contribution < -0.4 is 0 Å². The van der Waals surface area contributed by atoms with Gasteiger partial charge in [0.25, 0.3) is 0 Å². The Labute approximate surface area is 165 Å². The third-order valence-electron chi connectivity index (χ3n) is 6.79. The number of hydrogen-bond acceptors (Lipinski definition) is 1. The molecule has 1 heteroatoms. The largest absolute Gasteiger partial charge is 0.260 e. The highest BCUT2D eigenvalue weighted by atomic mass is 14.7. The topological polar surface area (TPSA) is 12.9 Å². The summed E-state index contributed by atoms with van der Waals surface area (Å²) in [4.78, 5) is 4.92. The maximum Gasteiger partial charge on any atom is 0.0519 e. The number of fused-ring (bicyclic) bond motifs is 1. The van der Waals surface area contributed by atoms with E-state index in [-0.39, 0.29) is 11.3 Å². The van der Waals surface area contributed by atoms with Crippen molar-refractivity contribution in [2.45, 2.75) is 23.7 Å². The molecule has 28 heavy (non-hydrogen) atoms. The van der Waals surface area contributed by atoms with Gasteiger partial charge in [-0.2, -0.15) is 0 Å². The standard InChI is InChI=1S/C27H21N/c1-2-10-19(11-3-1)27(25-16-8-9-17-28-25)18-24-20-12-4-6-14-22(20)26(27)23-15-7-5-13-21(23)24/h1-17,24,26H,18H2. The minimum Gasteiger partial charge on any atom is -0.260 e. The Morgan fingerprint density at radius 3 is 1.79 bits per heavy atom. The van der Waals surface area contributed by atoms with E-state index in [1.54, 1.807) is 0 Å². The summed E-state index contributed by atoms with van der Waals surface area (Å²) in [5.41, 5.74) is 8.32. The van der Waals surface area contributed by atoms with Crippen LogP contribution in [0.4, 0.5) is 0 Å². The zero-order valence-electron chi connectivity index (χ0n) is 15.6. The van der Waals surface area contributed by atoms with E-state index in [1.807, 2.05) is 12.3 Å². The van der Waals surface area contributed by atoms with Gasteiger partial charge in [-0.05, 0) is 46.4 Å². The van der Waals surface area contributed by atoms with Gasteiger partial charge in [-0.25, -0.2) is 0 Å². The summed E-state index contributed by atoms with van der Waals surface area (Å²) in [6.45, 7) is 0. The maximum absolute atomic E-state index is 4.92. The summed E-state index contributed by atoms with van der Waals surface area (Å²) >= 11 is 0. The first-order valence-corrected chi connectivity index (χ1v) is 10.0. The van der Waals surface area contributed by atoms with Gasteiger partial charge in [-0.3, -0.25) is 4.98 Å². The van der Waals surface area contributed by atoms with Gasteiger partial charge < -0.3 is 0 Å². The number of pyridine rings is 1. The summed E-state index contributed by atoms with van der Waals surface area (Å²) < 4.78 is 0. The SMILES string of the molecule is c1ccc(C2(c3ccccn3)CC3c4ccccc4C2c2ccccc23)cc1. The first kappa shape index (κ1) is 15.8. The molecular formula is C27H21N. The molecule has 0 aliphatic heterocycles. The van der Waals surface area contributed by atoms with Crippen molar-refractivity contribution < 1.29 is 0 Å². The van der Waals surface area contributed by atoms with Gasteiger partial charge in [0.1, 0.15) is 0 Å². The van der Waals surface area contributed by atoms with Gasteiger partial charge in [0.2, 0.25) is 0 Å². The molecule has 4 aromatic rings. The summed E-state index contributed by atoms with van der Waals surface area (Å²) in [5.74, 6) is 0.682. The van der Waals surface area contributed by atoms with Crippen molar-refractivity contribution in [2.75, 3.05) is 0 Å². The van der Waals surface area contributed by atoms with Gasteiger partial charge in [-0.15, -0.1) is 0 Å². The fourth-order valence-electron chi connectivity index (χ4n) is 5.76. The number of benzene rings is 3. The van der Waals surface area contributed by atoms with Crippen molar-refractivity contribution in [3.05, 3.63) is 137 Å². The molecule has 3 aromatic carbocycles. The number of aromatic nitrogens is 1. The van der Waals surface area contributed by atoms with Crippen LogP contribution in [-0.2, 0) is 5.41 Å². The second-order valence-electron chi connectivity index (χ2n) is 8.00. The molecule has 3 aliphatic rings. The Bertz CT molecular complexity index is 1060. The molecule has 1 nitrogen and oxygen atoms in total. The number of hydrogen-bond donors (Lipinski definition) is 0. The average Bonchev–Trinajstić information content (AvgIpc) is 2.80. The normalized spacial score (nSPS) is 24.4. The van der Waals surface area contributed by atoms with E-state index in [0.717, 1.165) is 6.42 Å². The summed E-state index contributed by atoms with van der Waals surface area (Å²) in [6, 6.07) is 35.5. The first-order chi connectivity index (χ1) is 13.9. The van der Waals surface area contributed by atoms with Crippen molar-refractivity contribution in [1.82, 2.24) is 4.98 Å². The van der Waals surface area contributed by atoms with Crippen LogP contribution in [0.5, 0.6) is 0 Å². The highest BCUT2D eigenvalue weighted by molar-refractivity contribution is 5.62. The quantitative estimate of drug-likeness (QED) is 0.425. The molecule has 1 atom stereocenters. The van der Waals surface area contributed by atoms with Gasteiger partial charge in [0.05, 0.1) is 5.69 Å². The lowest BCUT2D eigenvalue weighted by molar-refractivity contribution is 0.335. The Kier molecular flexibility index (Phi) is 3.34. The minimum atomic E-state index is -0.143. The predicted molar refractivity (Wildman–Crippen MR) is 113 cm³/mol. The lowest BCUT2D eigenvalue weighted by Gasteiger charge is -2.53. The molecule has 0 radical (unpaired) electrons. The minimum absolute atomic E-state index is 0.143. The fraction of sp³-hybridized carbons (Fsp3) is 0.148. The summed E-state index contributed by atoms with van der Waals surface area (Å²) in [5, 5.41) is 0. The first-order valence-electron chi connectivity index (χ1n) is 10.0. The van der Waals surface area contributed by atoms with Crippen molar-refractivity contribution in [3.63, 3.8) is 0 Å². The average molecular weight is 359 g/mol. The van der Waals surface area contributed by atoms with Crippen molar-refractivity contribution >= 4 is 0 Å². The van der Waals surface area contributed by atoms with Crippen LogP contribution in [0.15, 0.2) is 103 Å². The second-order valence-corrected chi connectivity index (χ2v) is 8.00. The van der Waals surface area contributed by atoms with Crippen LogP contribution in [-0.4, -0.2) is 4.98 Å². The van der Waals surface area contributed by atoms with E-state index in [1.165, 1.54) is 33.5 Å². The van der Waals surface area contributed by atoms with E-state index in [0.29, 0.717) is 5.92 Å². The Morgan fingerprint density at radius 2 is 1.18 bits per heavy atom. The van der Waals surface area contributed by atoms with Crippen LogP contribution >= 0.6 is 0 Å². The second kappa shape index (κ2) is 5.90. The van der Waals surface area contributed by atoms with E-state index < -0.39 is 0 Å². The van der Waals surface area contributed by atoms with Gasteiger partial charge in [-0.1, -0.05) is 84.9 Å². The molecule has 0 spiro atoms. The third-order valence-corrected chi connectivity index (χ3v) is 6.79. The highest BCUT2D eigenvalue weighted by Crippen LogP contribution is 2.63. The predicted octanol–water partition coefficient (Wildman–Crippen LogP) is 6.05. The Morgan fingerprint density at radius 1 is 0.607 bits per heavy atom. The van der Waals surface area contributed by atoms with Crippen LogP contribution in [0.2, 0.25) is 0 Å². The van der Waals surface area contributed by atoms with Crippen LogP contribution in [0.25, 0.3) is 0 Å². The Balaban J connectivity index is 1.73. The molecule has 0 saturated heterocycles. The van der Waals surface area contributed by atoms with Gasteiger partial charge in [0.15, 0.2) is 0 Å². The summed E-state index contributed by atoms with van der Waals surface area (Å²) in [6.07, 6.45) is 3.01. The molecule has 7 rings (SSSR count). The van der Waals surface area contributed by atoms with Crippen molar-refractivity contribution in [2.24, 2.45) is 0 Å². The van der Waals surface area contributed by atoms with E-state index in [2.05, 4.69) is 91.0 Å². The molecule has 0 saturated carbocycles. The molecule has 134 valence electrons. The van der Waals surface area contributed by atoms with Crippen molar-refractivity contribution in [1.29, 1.82) is 0 Å². The molecule has 3 aliphatic carbocycles. The van der Waals surface area contributed by atoms with Gasteiger partial charge >= 0.3 is 0 Å². The van der Waals surface area contributed by atoms with E-state index in [4.69, 9.17) is 4.98 Å². The molecule has 0 N–H and O–H groups in total. The number of nitrogens with zero attached hydrogens (tertiary/aromatic N) is 1. The molecule has 1 aromatic heterocycles.